The average Bonchev–Trinajstić information content (AvgIpc) is 3.37. The summed E-state index contributed by atoms with van der Waals surface area (Å²) in [5.41, 5.74) is 8.06. The van der Waals surface area contributed by atoms with Crippen molar-refractivity contribution in [2.75, 3.05) is 0 Å². The van der Waals surface area contributed by atoms with Crippen molar-refractivity contribution in [3.05, 3.63) is 72.1 Å². The Hall–Kier alpha value is -3.03. The lowest BCUT2D eigenvalue weighted by Gasteiger charge is -2.09. The maximum absolute atomic E-state index is 12.3. The van der Waals surface area contributed by atoms with Crippen LogP contribution in [0.5, 0.6) is 0 Å². The number of ether oxygens (including phenoxy) is 1. The lowest BCUT2D eigenvalue weighted by atomic mass is 10.0. The highest BCUT2D eigenvalue weighted by molar-refractivity contribution is 5.76. The predicted molar refractivity (Wildman–Crippen MR) is 93.4 cm³/mol. The van der Waals surface area contributed by atoms with Crippen LogP contribution in [-0.2, 0) is 16.1 Å². The summed E-state index contributed by atoms with van der Waals surface area (Å²) in [5, 5.41) is 7.90. The third-order valence-electron chi connectivity index (χ3n) is 4.22. The molecule has 0 saturated carbocycles. The number of nitrogens with zero attached hydrogens (tertiary/aromatic N) is 2. The van der Waals surface area contributed by atoms with Crippen LogP contribution in [0.1, 0.15) is 23.9 Å². The van der Waals surface area contributed by atoms with Crippen molar-refractivity contribution in [2.45, 2.75) is 25.1 Å². The Morgan fingerprint density at radius 2 is 1.77 bits per heavy atom. The Bertz CT molecular complexity index is 867. The Morgan fingerprint density at radius 1 is 1.04 bits per heavy atom. The Kier molecular flexibility index (Phi) is 4.72. The number of nitrogens with one attached hydrogen (secondary N) is 2. The van der Waals surface area contributed by atoms with Crippen LogP contribution in [0.25, 0.3) is 11.5 Å². The summed E-state index contributed by atoms with van der Waals surface area (Å²) < 4.78 is 10.8. The van der Waals surface area contributed by atoms with Gasteiger partial charge in [0.05, 0.1) is 0 Å². The first-order valence-corrected chi connectivity index (χ1v) is 8.40. The molecule has 0 radical (unpaired) electrons. The number of hydrogen-bond donors (Lipinski definition) is 2. The Balaban J connectivity index is 1.31. The first-order valence-electron chi connectivity index (χ1n) is 8.40. The molecule has 132 valence electrons. The molecule has 0 amide bonds. The van der Waals surface area contributed by atoms with Gasteiger partial charge in [0.1, 0.15) is 6.04 Å². The van der Waals surface area contributed by atoms with Gasteiger partial charge in [-0.2, -0.15) is 0 Å². The summed E-state index contributed by atoms with van der Waals surface area (Å²) in [4.78, 5) is 12.3. The molecule has 0 aliphatic carbocycles. The Labute approximate surface area is 150 Å². The molecule has 1 saturated heterocycles. The van der Waals surface area contributed by atoms with Crippen LogP contribution < -0.4 is 10.9 Å². The van der Waals surface area contributed by atoms with E-state index in [1.54, 1.807) is 0 Å². The van der Waals surface area contributed by atoms with Crippen molar-refractivity contribution in [3.63, 3.8) is 0 Å². The van der Waals surface area contributed by atoms with Gasteiger partial charge in [0.15, 0.2) is 6.61 Å². The predicted octanol–water partition coefficient (Wildman–Crippen LogP) is 2.39. The molecule has 3 aromatic rings. The summed E-state index contributed by atoms with van der Waals surface area (Å²) >= 11 is 0. The molecular weight excluding hydrogens is 332 g/mol. The molecule has 0 spiro atoms. The van der Waals surface area contributed by atoms with E-state index in [1.165, 1.54) is 0 Å². The number of aromatic nitrogens is 2. The minimum atomic E-state index is -0.420. The number of carbonyl (C=O) groups is 1. The molecule has 0 bridgehead atoms. The van der Waals surface area contributed by atoms with Crippen LogP contribution in [0.15, 0.2) is 65.1 Å². The van der Waals surface area contributed by atoms with Gasteiger partial charge in [-0.3, -0.25) is 4.79 Å². The van der Waals surface area contributed by atoms with E-state index in [0.29, 0.717) is 12.3 Å². The van der Waals surface area contributed by atoms with Gasteiger partial charge >= 0.3 is 5.97 Å². The van der Waals surface area contributed by atoms with Crippen LogP contribution >= 0.6 is 0 Å². The van der Waals surface area contributed by atoms with Gasteiger partial charge in [0, 0.05) is 11.6 Å². The summed E-state index contributed by atoms with van der Waals surface area (Å²) in [6.45, 7) is -0.0488. The van der Waals surface area contributed by atoms with Gasteiger partial charge < -0.3 is 9.15 Å². The fraction of sp³-hybridized carbons (Fsp3) is 0.211. The van der Waals surface area contributed by atoms with Gasteiger partial charge in [-0.25, -0.2) is 10.9 Å². The highest BCUT2D eigenvalue weighted by Gasteiger charge is 2.31. The maximum Gasteiger partial charge on any atom is 0.325 e. The van der Waals surface area contributed by atoms with Gasteiger partial charge in [-0.05, 0) is 24.1 Å². The van der Waals surface area contributed by atoms with Crippen LogP contribution in [0, 0.1) is 0 Å². The summed E-state index contributed by atoms with van der Waals surface area (Å²) in [6, 6.07) is 19.1. The molecule has 2 unspecified atom stereocenters. The van der Waals surface area contributed by atoms with Gasteiger partial charge in [-0.15, -0.1) is 10.2 Å². The lowest BCUT2D eigenvalue weighted by Crippen LogP contribution is -2.37. The molecule has 2 heterocycles. The minimum Gasteiger partial charge on any atom is -0.454 e. The van der Waals surface area contributed by atoms with E-state index < -0.39 is 6.04 Å². The number of esters is 1. The van der Waals surface area contributed by atoms with Crippen LogP contribution in [0.3, 0.4) is 0 Å². The highest BCUT2D eigenvalue weighted by atomic mass is 16.5. The van der Waals surface area contributed by atoms with E-state index >= 15 is 0 Å². The third kappa shape index (κ3) is 3.63. The maximum atomic E-state index is 12.3. The van der Waals surface area contributed by atoms with Crippen molar-refractivity contribution >= 4 is 5.97 Å². The summed E-state index contributed by atoms with van der Waals surface area (Å²) in [5.74, 6) is 0.319. The molecule has 1 aromatic heterocycles. The SMILES string of the molecule is O=C(OCc1nnc(-c2ccccc2)o1)C1CC(c2ccccc2)NN1. The van der Waals surface area contributed by atoms with Crippen molar-refractivity contribution in [1.82, 2.24) is 21.0 Å². The fourth-order valence-corrected chi connectivity index (χ4v) is 2.86. The zero-order valence-electron chi connectivity index (χ0n) is 14.0. The van der Waals surface area contributed by atoms with Crippen LogP contribution in [-0.4, -0.2) is 22.2 Å². The first-order chi connectivity index (χ1) is 12.8. The van der Waals surface area contributed by atoms with Crippen LogP contribution in [0.2, 0.25) is 0 Å². The van der Waals surface area contributed by atoms with Crippen molar-refractivity contribution in [3.8, 4) is 11.5 Å². The molecule has 2 atom stereocenters. The topological polar surface area (TPSA) is 89.3 Å². The second-order valence-electron chi connectivity index (χ2n) is 6.01. The molecule has 1 aliphatic rings. The van der Waals surface area contributed by atoms with E-state index in [9.17, 15) is 4.79 Å². The van der Waals surface area contributed by atoms with Crippen molar-refractivity contribution in [1.29, 1.82) is 0 Å². The normalized spacial score (nSPS) is 19.4. The molecule has 4 rings (SSSR count). The lowest BCUT2D eigenvalue weighted by molar-refractivity contribution is -0.147. The quantitative estimate of drug-likeness (QED) is 0.683. The van der Waals surface area contributed by atoms with Crippen LogP contribution in [0.4, 0.5) is 0 Å². The Morgan fingerprint density at radius 3 is 2.54 bits per heavy atom. The fourth-order valence-electron chi connectivity index (χ4n) is 2.86. The molecule has 7 nitrogen and oxygen atoms in total. The number of rotatable bonds is 5. The highest BCUT2D eigenvalue weighted by Crippen LogP contribution is 2.23. The second kappa shape index (κ2) is 7.47. The third-order valence-corrected chi connectivity index (χ3v) is 4.22. The second-order valence-corrected chi connectivity index (χ2v) is 6.01. The molecule has 1 aliphatic heterocycles. The standard InChI is InChI=1S/C19H18N4O3/c24-19(16-11-15(20-21-16)13-7-3-1-4-8-13)25-12-17-22-23-18(26-17)14-9-5-2-6-10-14/h1-10,15-16,20-21H,11-12H2. The molecule has 2 N–H and O–H groups in total. The van der Waals surface area contributed by atoms with Crippen molar-refractivity contribution in [2.24, 2.45) is 0 Å². The number of hydrogen-bond acceptors (Lipinski definition) is 7. The van der Waals surface area contributed by atoms with Gasteiger partial charge in [-0.1, -0.05) is 48.5 Å². The zero-order valence-corrected chi connectivity index (χ0v) is 14.0. The molecular formula is C19H18N4O3. The first kappa shape index (κ1) is 16.4. The zero-order chi connectivity index (χ0) is 17.8. The molecule has 7 heteroatoms. The number of hydrazine groups is 1. The molecule has 1 fully saturated rings. The summed E-state index contributed by atoms with van der Waals surface area (Å²) in [7, 11) is 0. The van der Waals surface area contributed by atoms with E-state index in [-0.39, 0.29) is 24.5 Å². The minimum absolute atomic E-state index is 0.0488. The monoisotopic (exact) mass is 350 g/mol. The summed E-state index contributed by atoms with van der Waals surface area (Å²) in [6.07, 6.45) is 0.613. The number of benzene rings is 2. The van der Waals surface area contributed by atoms with E-state index in [2.05, 4.69) is 21.0 Å². The smallest absolute Gasteiger partial charge is 0.325 e. The number of carbonyl (C=O) groups excluding carboxylic acids is 1. The van der Waals surface area contributed by atoms with Gasteiger partial charge in [0.25, 0.3) is 5.89 Å². The average molecular weight is 350 g/mol. The van der Waals surface area contributed by atoms with E-state index in [0.717, 1.165) is 11.1 Å². The van der Waals surface area contributed by atoms with E-state index in [1.807, 2.05) is 60.7 Å². The van der Waals surface area contributed by atoms with Crippen molar-refractivity contribution < 1.29 is 13.9 Å². The molecule has 26 heavy (non-hydrogen) atoms. The largest absolute Gasteiger partial charge is 0.454 e. The molecule has 2 aromatic carbocycles. The van der Waals surface area contributed by atoms with E-state index in [4.69, 9.17) is 9.15 Å². The van der Waals surface area contributed by atoms with Gasteiger partial charge in [0.2, 0.25) is 5.89 Å².